The molecule has 2 heterocycles. The first-order chi connectivity index (χ1) is 32.1. The Labute approximate surface area is 402 Å². The van der Waals surface area contributed by atoms with Gasteiger partial charge in [0.25, 0.3) is 0 Å². The molecule has 0 saturated carbocycles. The summed E-state index contributed by atoms with van der Waals surface area (Å²) >= 11 is 0. The lowest BCUT2D eigenvalue weighted by atomic mass is 9.83. The van der Waals surface area contributed by atoms with E-state index in [1.54, 1.807) is 26.2 Å². The van der Waals surface area contributed by atoms with E-state index in [0.29, 0.717) is 37.7 Å². The van der Waals surface area contributed by atoms with Crippen LogP contribution in [0.4, 0.5) is 0 Å². The SMILES string of the molecule is CC[C@H](C)[C@@H]([C@@H](CC(=O)N1CCC[C@H]1[C@H](OC)[C@@H](C)C(=O)C[C@@H](Cc1ccccc1)c1nnc(-c2ccccc2)o1)OC)N(C)C(=O)[C@@H](CC(=O)[C@H](C(C)C)N(C)CCCCCCN)C(C)C. The number of ketones is 2. The molecule has 1 fully saturated rings. The number of methoxy groups -OCH3 is 2. The number of rotatable bonds is 30. The summed E-state index contributed by atoms with van der Waals surface area (Å²) in [6.45, 7) is 16.3. The van der Waals surface area contributed by atoms with Crippen molar-refractivity contribution < 1.29 is 33.1 Å². The number of likely N-dealkylation sites (tertiary alicyclic amines) is 1. The lowest BCUT2D eigenvalue weighted by Gasteiger charge is -2.41. The van der Waals surface area contributed by atoms with Gasteiger partial charge in [-0.1, -0.05) is 116 Å². The molecule has 1 aliphatic heterocycles. The summed E-state index contributed by atoms with van der Waals surface area (Å²) in [5.74, 6) is -0.773. The molecule has 1 aromatic heterocycles. The number of carbonyl (C=O) groups excluding carboxylic acids is 4. The zero-order valence-electron chi connectivity index (χ0n) is 42.7. The van der Waals surface area contributed by atoms with E-state index in [-0.39, 0.29) is 78.4 Å². The standard InChI is InChI=1S/C54H84N6O7/c1-12-38(6)50(59(9)54(64)43(36(2)3)34-46(62)49(37(4)5)58(8)30-22-14-13-21-29-55)47(65-10)35-48(63)60-31-23-28-44(60)51(66-11)39(7)45(61)33-42(32-40-24-17-15-18-25-40)53-57-56-52(67-53)41-26-19-16-20-27-41/h15-20,24-27,36-39,42-44,47,49-51H,12-14,21-23,28-35,55H2,1-11H3/t38-,39-,42+,43-,44-,47+,49-,50-,51+/m0/s1. The number of nitrogens with two attached hydrogens (primary N) is 1. The highest BCUT2D eigenvalue weighted by atomic mass is 16.5. The van der Waals surface area contributed by atoms with E-state index in [0.717, 1.165) is 56.2 Å². The van der Waals surface area contributed by atoms with Crippen molar-refractivity contribution in [3.05, 3.63) is 72.1 Å². The first-order valence-electron chi connectivity index (χ1n) is 25.1. The minimum atomic E-state index is -0.607. The molecule has 13 nitrogen and oxygen atoms in total. The van der Waals surface area contributed by atoms with Gasteiger partial charge in [0.15, 0.2) is 5.78 Å². The Morgan fingerprint density at radius 2 is 1.48 bits per heavy atom. The van der Waals surface area contributed by atoms with E-state index in [1.807, 2.05) is 93.4 Å². The Bertz CT molecular complexity index is 1940. The van der Waals surface area contributed by atoms with E-state index >= 15 is 0 Å². The number of hydrogen-bond donors (Lipinski definition) is 1. The Morgan fingerprint density at radius 3 is 2.07 bits per heavy atom. The molecule has 0 aliphatic carbocycles. The van der Waals surface area contributed by atoms with Crippen LogP contribution in [0.15, 0.2) is 65.1 Å². The van der Waals surface area contributed by atoms with Gasteiger partial charge in [0.1, 0.15) is 5.78 Å². The number of benzene rings is 2. The van der Waals surface area contributed by atoms with Crippen molar-refractivity contribution >= 4 is 23.4 Å². The quantitative estimate of drug-likeness (QED) is 0.0638. The molecule has 2 N–H and O–H groups in total. The van der Waals surface area contributed by atoms with E-state index in [9.17, 15) is 19.2 Å². The molecule has 0 radical (unpaired) electrons. The molecule has 2 aromatic carbocycles. The van der Waals surface area contributed by atoms with Crippen LogP contribution in [0.25, 0.3) is 11.5 Å². The number of aromatic nitrogens is 2. The monoisotopic (exact) mass is 929 g/mol. The van der Waals surface area contributed by atoms with Crippen molar-refractivity contribution in [3.8, 4) is 11.5 Å². The van der Waals surface area contributed by atoms with Crippen LogP contribution in [0.1, 0.15) is 130 Å². The zero-order valence-corrected chi connectivity index (χ0v) is 42.7. The van der Waals surface area contributed by atoms with Crippen LogP contribution < -0.4 is 5.73 Å². The number of ether oxygens (including phenoxy) is 2. The van der Waals surface area contributed by atoms with E-state index in [1.165, 1.54) is 0 Å². The third-order valence-electron chi connectivity index (χ3n) is 14.4. The van der Waals surface area contributed by atoms with Crippen LogP contribution in [0.3, 0.4) is 0 Å². The maximum absolute atomic E-state index is 14.7. The van der Waals surface area contributed by atoms with Crippen molar-refractivity contribution in [1.82, 2.24) is 24.9 Å². The average molecular weight is 929 g/mol. The summed E-state index contributed by atoms with van der Waals surface area (Å²) in [5, 5.41) is 8.76. The largest absolute Gasteiger partial charge is 0.420 e. The van der Waals surface area contributed by atoms with Crippen LogP contribution in [0, 0.1) is 29.6 Å². The molecule has 3 aromatic rings. The van der Waals surface area contributed by atoms with Crippen molar-refractivity contribution in [2.24, 2.45) is 35.3 Å². The minimum absolute atomic E-state index is 0.00534. The number of amides is 2. The maximum Gasteiger partial charge on any atom is 0.247 e. The van der Waals surface area contributed by atoms with Gasteiger partial charge in [-0.25, -0.2) is 0 Å². The van der Waals surface area contributed by atoms with Crippen molar-refractivity contribution in [1.29, 1.82) is 0 Å². The van der Waals surface area contributed by atoms with Crippen molar-refractivity contribution in [3.63, 3.8) is 0 Å². The lowest BCUT2D eigenvalue weighted by molar-refractivity contribution is -0.149. The third-order valence-corrected chi connectivity index (χ3v) is 14.4. The van der Waals surface area contributed by atoms with Gasteiger partial charge >= 0.3 is 0 Å². The summed E-state index contributed by atoms with van der Waals surface area (Å²) in [6, 6.07) is 18.5. The zero-order chi connectivity index (χ0) is 49.2. The summed E-state index contributed by atoms with van der Waals surface area (Å²) in [6.07, 6.45) is 6.09. The first-order valence-corrected chi connectivity index (χ1v) is 25.1. The summed E-state index contributed by atoms with van der Waals surface area (Å²) in [4.78, 5) is 63.5. The fourth-order valence-electron chi connectivity index (χ4n) is 10.3. The van der Waals surface area contributed by atoms with Crippen LogP contribution in [0.2, 0.25) is 0 Å². The lowest BCUT2D eigenvalue weighted by Crippen LogP contribution is -2.54. The Balaban J connectivity index is 1.49. The second-order valence-corrected chi connectivity index (χ2v) is 19.9. The molecule has 4 rings (SSSR count). The molecule has 0 unspecified atom stereocenters. The van der Waals surface area contributed by atoms with Gasteiger partial charge in [-0.05, 0) is 87.7 Å². The topological polar surface area (TPSA) is 161 Å². The molecular formula is C54H84N6O7. The van der Waals surface area contributed by atoms with E-state index in [4.69, 9.17) is 19.6 Å². The molecule has 1 aliphatic rings. The third kappa shape index (κ3) is 15.3. The minimum Gasteiger partial charge on any atom is -0.420 e. The number of nitrogens with zero attached hydrogens (tertiary/aromatic N) is 5. The fourth-order valence-corrected chi connectivity index (χ4v) is 10.3. The summed E-state index contributed by atoms with van der Waals surface area (Å²) < 4.78 is 18.5. The van der Waals surface area contributed by atoms with Gasteiger partial charge in [0.2, 0.25) is 23.6 Å². The molecule has 0 bridgehead atoms. The van der Waals surface area contributed by atoms with Crippen LogP contribution in [-0.4, -0.2) is 127 Å². The van der Waals surface area contributed by atoms with Gasteiger partial charge in [-0.3, -0.25) is 24.1 Å². The number of hydrogen-bond acceptors (Lipinski definition) is 11. The molecule has 0 spiro atoms. The predicted octanol–water partition coefficient (Wildman–Crippen LogP) is 8.65. The first kappa shape index (κ1) is 55.3. The number of carbonyl (C=O) groups is 4. The maximum atomic E-state index is 14.7. The van der Waals surface area contributed by atoms with Gasteiger partial charge in [0.05, 0.1) is 36.8 Å². The molecule has 67 heavy (non-hydrogen) atoms. The second-order valence-electron chi connectivity index (χ2n) is 19.9. The molecule has 13 heteroatoms. The number of unbranched alkanes of at least 4 members (excludes halogenated alkanes) is 3. The van der Waals surface area contributed by atoms with Crippen LogP contribution in [0.5, 0.6) is 0 Å². The van der Waals surface area contributed by atoms with E-state index < -0.39 is 30.1 Å². The Kier molecular flexibility index (Phi) is 22.8. The Morgan fingerprint density at radius 1 is 0.821 bits per heavy atom. The average Bonchev–Trinajstić information content (AvgIpc) is 4.02. The summed E-state index contributed by atoms with van der Waals surface area (Å²) in [5.41, 5.74) is 7.55. The number of Topliss-reactive ketones (excluding diaryl/α,β-unsaturated/α-hetero) is 2. The number of likely N-dealkylation sites (N-methyl/N-ethyl adjacent to an activating group) is 2. The highest BCUT2D eigenvalue weighted by Crippen LogP contribution is 2.34. The predicted molar refractivity (Wildman–Crippen MR) is 265 cm³/mol. The van der Waals surface area contributed by atoms with Gasteiger partial charge in [-0.2, -0.15) is 0 Å². The molecular weight excluding hydrogens is 845 g/mol. The van der Waals surface area contributed by atoms with Gasteiger partial charge in [0, 0.05) is 64.0 Å². The highest BCUT2D eigenvalue weighted by molar-refractivity contribution is 5.90. The van der Waals surface area contributed by atoms with Crippen LogP contribution >= 0.6 is 0 Å². The second kappa shape index (κ2) is 27.6. The summed E-state index contributed by atoms with van der Waals surface area (Å²) in [7, 11) is 7.04. The normalized spacial score (nSPS) is 17.8. The highest BCUT2D eigenvalue weighted by Gasteiger charge is 2.43. The molecule has 372 valence electrons. The van der Waals surface area contributed by atoms with Crippen molar-refractivity contribution in [2.45, 2.75) is 155 Å². The van der Waals surface area contributed by atoms with Gasteiger partial charge in [-0.15, -0.1) is 10.2 Å². The van der Waals surface area contributed by atoms with Gasteiger partial charge < -0.3 is 29.4 Å². The smallest absolute Gasteiger partial charge is 0.247 e. The Hall–Kier alpha value is -4.30. The molecule has 2 amide bonds. The fraction of sp³-hybridized carbons (Fsp3) is 0.667. The van der Waals surface area contributed by atoms with E-state index in [2.05, 4.69) is 42.8 Å². The molecule has 1 saturated heterocycles. The van der Waals surface area contributed by atoms with Crippen LogP contribution in [-0.2, 0) is 35.1 Å². The van der Waals surface area contributed by atoms with Crippen molar-refractivity contribution in [2.75, 3.05) is 47.9 Å². The molecule has 9 atom stereocenters.